The maximum absolute atomic E-state index is 14.0. The molecule has 0 radical (unpaired) electrons. The molecule has 0 saturated carbocycles. The molecule has 0 saturated heterocycles. The molecule has 33 heavy (non-hydrogen) atoms. The number of fused-ring (bicyclic) bond motifs is 1. The van der Waals surface area contributed by atoms with E-state index in [4.69, 9.17) is 0 Å². The monoisotopic (exact) mass is 471 g/mol. The van der Waals surface area contributed by atoms with Crippen LogP contribution in [0.25, 0.3) is 10.9 Å². The van der Waals surface area contributed by atoms with Crippen LogP contribution in [0.4, 0.5) is 0 Å². The van der Waals surface area contributed by atoms with Crippen molar-refractivity contribution in [1.29, 1.82) is 0 Å². The topological polar surface area (TPSA) is 56.1 Å². The van der Waals surface area contributed by atoms with E-state index in [9.17, 15) is 12.6 Å². The normalized spacial score (nSPS) is 12.6. The summed E-state index contributed by atoms with van der Waals surface area (Å²) in [5, 5.41) is 0.853. The smallest absolute Gasteiger partial charge is 0.209 e. The van der Waals surface area contributed by atoms with E-state index in [1.165, 1.54) is 0 Å². The van der Waals surface area contributed by atoms with Crippen LogP contribution in [0.1, 0.15) is 5.56 Å². The molecule has 0 aliphatic carbocycles. The molecule has 0 amide bonds. The van der Waals surface area contributed by atoms with Crippen LogP contribution in [0.15, 0.2) is 135 Å². The zero-order chi connectivity index (χ0) is 22.8. The van der Waals surface area contributed by atoms with E-state index in [1.807, 2.05) is 71.3 Å². The molecule has 4 nitrogen and oxygen atoms in total. The number of sulfone groups is 1. The van der Waals surface area contributed by atoms with Gasteiger partial charge in [0.15, 0.2) is 0 Å². The molecule has 5 rings (SSSR count). The Morgan fingerprint density at radius 1 is 0.667 bits per heavy atom. The Morgan fingerprint density at radius 3 is 1.88 bits per heavy atom. The fourth-order valence-electron chi connectivity index (χ4n) is 3.99. The molecule has 0 N–H and O–H groups in total. The zero-order valence-corrected chi connectivity index (χ0v) is 19.3. The van der Waals surface area contributed by atoms with E-state index in [2.05, 4.69) is 0 Å². The number of aromatic nitrogens is 1. The number of hydrogen-bond donors (Lipinski definition) is 0. The van der Waals surface area contributed by atoms with Gasteiger partial charge in [-0.15, -0.1) is 0 Å². The average molecular weight is 472 g/mol. The van der Waals surface area contributed by atoms with E-state index in [1.54, 1.807) is 48.5 Å². The van der Waals surface area contributed by atoms with Gasteiger partial charge in [-0.2, -0.15) is 0 Å². The molecular formula is C27H21NO3S2. The molecule has 0 aliphatic heterocycles. The minimum Gasteiger partial charge on any atom is -0.328 e. The van der Waals surface area contributed by atoms with E-state index in [-0.39, 0.29) is 14.8 Å². The van der Waals surface area contributed by atoms with Gasteiger partial charge in [0, 0.05) is 16.8 Å². The predicted molar refractivity (Wildman–Crippen MR) is 130 cm³/mol. The third-order valence-electron chi connectivity index (χ3n) is 5.52. The molecule has 6 heteroatoms. The van der Waals surface area contributed by atoms with Gasteiger partial charge in [-0.3, -0.25) is 0 Å². The van der Waals surface area contributed by atoms with Crippen molar-refractivity contribution in [2.75, 3.05) is 0 Å². The van der Waals surface area contributed by atoms with Gasteiger partial charge in [-0.25, -0.2) is 12.6 Å². The van der Waals surface area contributed by atoms with Crippen molar-refractivity contribution < 1.29 is 12.6 Å². The molecule has 0 spiro atoms. The Bertz CT molecular complexity index is 1540. The van der Waals surface area contributed by atoms with Gasteiger partial charge in [-0.05, 0) is 35.9 Å². The van der Waals surface area contributed by atoms with E-state index in [0.717, 1.165) is 11.1 Å². The molecule has 0 aliphatic rings. The molecule has 164 valence electrons. The molecule has 1 unspecified atom stereocenters. The largest absolute Gasteiger partial charge is 0.328 e. The third kappa shape index (κ3) is 3.92. The Kier molecular flexibility index (Phi) is 5.70. The van der Waals surface area contributed by atoms with Crippen LogP contribution >= 0.6 is 0 Å². The lowest BCUT2D eigenvalue weighted by molar-refractivity contribution is 0.590. The Morgan fingerprint density at radius 2 is 1.21 bits per heavy atom. The van der Waals surface area contributed by atoms with Gasteiger partial charge in [0.1, 0.15) is 20.7 Å². The molecule has 0 fully saturated rings. The summed E-state index contributed by atoms with van der Waals surface area (Å²) in [7, 11) is -5.65. The van der Waals surface area contributed by atoms with Gasteiger partial charge in [0.05, 0.1) is 10.4 Å². The molecule has 1 aromatic heterocycles. The molecule has 1 atom stereocenters. The molecule has 5 aromatic rings. The van der Waals surface area contributed by atoms with Gasteiger partial charge in [-0.1, -0.05) is 84.9 Å². The number of para-hydroxylation sites is 1. The maximum atomic E-state index is 14.0. The summed E-state index contributed by atoms with van der Waals surface area (Å²) in [5.41, 5.74) is 1.73. The Balaban J connectivity index is 1.85. The fourth-order valence-corrected chi connectivity index (χ4v) is 7.37. The van der Waals surface area contributed by atoms with Crippen molar-refractivity contribution in [2.24, 2.45) is 0 Å². The minimum atomic E-state index is -3.93. The number of benzene rings is 4. The van der Waals surface area contributed by atoms with Crippen molar-refractivity contribution >= 4 is 31.5 Å². The highest BCUT2D eigenvalue weighted by Crippen LogP contribution is 2.38. The van der Waals surface area contributed by atoms with Gasteiger partial charge in [0.2, 0.25) is 9.84 Å². The fraction of sp³-hybridized carbons (Fsp3) is 0.0370. The lowest BCUT2D eigenvalue weighted by Crippen LogP contribution is -2.11. The van der Waals surface area contributed by atoms with E-state index >= 15 is 0 Å². The van der Waals surface area contributed by atoms with Crippen LogP contribution in [0.2, 0.25) is 0 Å². The second-order valence-corrected chi connectivity index (χ2v) is 10.9. The third-order valence-corrected chi connectivity index (χ3v) is 8.97. The van der Waals surface area contributed by atoms with Gasteiger partial charge < -0.3 is 4.57 Å². The van der Waals surface area contributed by atoms with E-state index < -0.39 is 20.6 Å². The summed E-state index contributed by atoms with van der Waals surface area (Å²) in [6.45, 7) is 0.402. The Labute approximate surface area is 195 Å². The SMILES string of the molecule is O=S(c1ccccc1)c1c(S(=O)(=O)c2ccccc2)c2ccccc2n1Cc1ccccc1. The van der Waals surface area contributed by atoms with Gasteiger partial charge in [0.25, 0.3) is 0 Å². The van der Waals surface area contributed by atoms with Crippen molar-refractivity contribution in [1.82, 2.24) is 4.57 Å². The quantitative estimate of drug-likeness (QED) is 0.320. The van der Waals surface area contributed by atoms with Crippen LogP contribution in [0.3, 0.4) is 0 Å². The molecule has 4 aromatic carbocycles. The number of rotatable bonds is 6. The summed E-state index contributed by atoms with van der Waals surface area (Å²) in [5.74, 6) is 0. The number of hydrogen-bond acceptors (Lipinski definition) is 3. The predicted octanol–water partition coefficient (Wildman–Crippen LogP) is 5.69. The highest BCUT2D eigenvalue weighted by molar-refractivity contribution is 7.93. The van der Waals surface area contributed by atoms with Crippen LogP contribution in [-0.2, 0) is 27.2 Å². The van der Waals surface area contributed by atoms with Crippen molar-refractivity contribution in [3.63, 3.8) is 0 Å². The Hall–Kier alpha value is -3.48. The standard InChI is InChI=1S/C27H21NO3S2/c29-32(22-14-6-2-7-15-22)27-26(33(30,31)23-16-8-3-9-17-23)24-18-10-11-19-25(24)28(27)20-21-12-4-1-5-13-21/h1-19H,20H2. The summed E-state index contributed by atoms with van der Waals surface area (Å²) >= 11 is 0. The molecule has 0 bridgehead atoms. The lowest BCUT2D eigenvalue weighted by atomic mass is 10.2. The lowest BCUT2D eigenvalue weighted by Gasteiger charge is -2.13. The second kappa shape index (κ2) is 8.81. The zero-order valence-electron chi connectivity index (χ0n) is 17.7. The highest BCUT2D eigenvalue weighted by Gasteiger charge is 2.32. The number of nitrogens with zero attached hydrogens (tertiary/aromatic N) is 1. The first kappa shape index (κ1) is 21.4. The summed E-state index contributed by atoms with van der Waals surface area (Å²) in [6, 6.07) is 34.5. The summed E-state index contributed by atoms with van der Waals surface area (Å²) in [6.07, 6.45) is 0. The molecule has 1 heterocycles. The average Bonchev–Trinajstić information content (AvgIpc) is 3.20. The van der Waals surface area contributed by atoms with Crippen LogP contribution < -0.4 is 0 Å². The maximum Gasteiger partial charge on any atom is 0.209 e. The van der Waals surface area contributed by atoms with Crippen LogP contribution in [0, 0.1) is 0 Å². The van der Waals surface area contributed by atoms with Crippen LogP contribution in [0.5, 0.6) is 0 Å². The first-order valence-electron chi connectivity index (χ1n) is 10.5. The first-order valence-corrected chi connectivity index (χ1v) is 13.1. The minimum absolute atomic E-state index is 0.0995. The van der Waals surface area contributed by atoms with Crippen LogP contribution in [-0.4, -0.2) is 17.2 Å². The summed E-state index contributed by atoms with van der Waals surface area (Å²) < 4.78 is 43.7. The van der Waals surface area contributed by atoms with Crippen molar-refractivity contribution in [2.45, 2.75) is 26.3 Å². The summed E-state index contributed by atoms with van der Waals surface area (Å²) in [4.78, 5) is 0.834. The highest BCUT2D eigenvalue weighted by atomic mass is 32.2. The van der Waals surface area contributed by atoms with Gasteiger partial charge >= 0.3 is 0 Å². The second-order valence-electron chi connectivity index (χ2n) is 7.62. The molecular weight excluding hydrogens is 450 g/mol. The van der Waals surface area contributed by atoms with Crippen molar-refractivity contribution in [3.8, 4) is 0 Å². The van der Waals surface area contributed by atoms with Crippen molar-refractivity contribution in [3.05, 3.63) is 121 Å². The van der Waals surface area contributed by atoms with E-state index in [0.29, 0.717) is 16.8 Å². The first-order chi connectivity index (χ1) is 16.1.